The zero-order valence-corrected chi connectivity index (χ0v) is 15.9. The maximum absolute atomic E-state index is 13.5. The number of sulfonamides is 1. The third kappa shape index (κ3) is 3.59. The summed E-state index contributed by atoms with van der Waals surface area (Å²) in [6.45, 7) is 2.68. The van der Waals surface area contributed by atoms with Crippen LogP contribution in [0.15, 0.2) is 42.6 Å². The summed E-state index contributed by atoms with van der Waals surface area (Å²) < 4.78 is 40.7. The highest BCUT2D eigenvalue weighted by molar-refractivity contribution is 7.89. The lowest BCUT2D eigenvalue weighted by atomic mass is 9.98. The Hall–Kier alpha value is -2.32. The molecule has 1 aliphatic rings. The minimum absolute atomic E-state index is 0.132. The summed E-state index contributed by atoms with van der Waals surface area (Å²) in [4.78, 5) is 4.61. The average molecular weight is 388 g/mol. The van der Waals surface area contributed by atoms with E-state index in [1.54, 1.807) is 21.8 Å². The second-order valence-electron chi connectivity index (χ2n) is 6.77. The average Bonchev–Trinajstić information content (AvgIpc) is 3.11. The number of pyridine rings is 1. The molecule has 0 N–H and O–H groups in total. The summed E-state index contributed by atoms with van der Waals surface area (Å²) in [6, 6.07) is 10.2. The number of hydrogen-bond donors (Lipinski definition) is 0. The highest BCUT2D eigenvalue weighted by atomic mass is 32.2. The Morgan fingerprint density at radius 1 is 1.15 bits per heavy atom. The SMILES string of the molecule is CCS(=O)(=O)N1CCC(c2nc3ccc(-c4cccc(F)c4)cn3n2)CC1. The van der Waals surface area contributed by atoms with Crippen molar-refractivity contribution in [2.24, 2.45) is 0 Å². The summed E-state index contributed by atoms with van der Waals surface area (Å²) in [6.07, 6.45) is 3.27. The van der Waals surface area contributed by atoms with Crippen molar-refractivity contribution in [1.29, 1.82) is 0 Å². The number of benzene rings is 1. The standard InChI is InChI=1S/C19H21FN4O2S/c1-2-27(25,26)23-10-8-14(9-11-23)19-21-18-7-6-16(13-24(18)22-19)15-4-3-5-17(20)12-15/h3-7,12-14H,2,8-11H2,1H3. The normalized spacial score (nSPS) is 16.8. The van der Waals surface area contributed by atoms with Gasteiger partial charge in [0.2, 0.25) is 10.0 Å². The van der Waals surface area contributed by atoms with Gasteiger partial charge in [-0.15, -0.1) is 0 Å². The summed E-state index contributed by atoms with van der Waals surface area (Å²) >= 11 is 0. The van der Waals surface area contributed by atoms with Gasteiger partial charge < -0.3 is 0 Å². The van der Waals surface area contributed by atoms with Crippen molar-refractivity contribution in [3.05, 3.63) is 54.2 Å². The largest absolute Gasteiger partial charge is 0.220 e. The highest BCUT2D eigenvalue weighted by Gasteiger charge is 2.29. The van der Waals surface area contributed by atoms with Crippen molar-refractivity contribution in [3.63, 3.8) is 0 Å². The first kappa shape index (κ1) is 18.1. The molecular weight excluding hydrogens is 367 g/mol. The quantitative estimate of drug-likeness (QED) is 0.689. The number of piperidine rings is 1. The van der Waals surface area contributed by atoms with Crippen LogP contribution in [0, 0.1) is 5.82 Å². The molecule has 2 aromatic heterocycles. The Bertz CT molecular complexity index is 1070. The number of hydrogen-bond acceptors (Lipinski definition) is 4. The number of halogens is 1. The van der Waals surface area contributed by atoms with E-state index < -0.39 is 10.0 Å². The number of aromatic nitrogens is 3. The molecule has 27 heavy (non-hydrogen) atoms. The van der Waals surface area contributed by atoms with E-state index in [0.717, 1.165) is 22.6 Å². The first-order valence-corrected chi connectivity index (χ1v) is 10.7. The predicted octanol–water partition coefficient (Wildman–Crippen LogP) is 3.06. The van der Waals surface area contributed by atoms with Crippen molar-refractivity contribution < 1.29 is 12.8 Å². The smallest absolute Gasteiger partial charge is 0.213 e. The second kappa shape index (κ2) is 7.01. The minimum atomic E-state index is -3.13. The molecule has 0 radical (unpaired) electrons. The van der Waals surface area contributed by atoms with Gasteiger partial charge in [0.25, 0.3) is 0 Å². The zero-order valence-electron chi connectivity index (χ0n) is 15.0. The van der Waals surface area contributed by atoms with Gasteiger partial charge in [0.05, 0.1) is 5.75 Å². The van der Waals surface area contributed by atoms with E-state index in [1.165, 1.54) is 12.1 Å². The summed E-state index contributed by atoms with van der Waals surface area (Å²) in [5, 5.41) is 4.60. The third-order valence-corrected chi connectivity index (χ3v) is 6.96. The molecule has 142 valence electrons. The van der Waals surface area contributed by atoms with E-state index in [-0.39, 0.29) is 17.5 Å². The molecule has 0 aliphatic carbocycles. The third-order valence-electron chi connectivity index (χ3n) is 5.08. The molecule has 0 spiro atoms. The summed E-state index contributed by atoms with van der Waals surface area (Å²) in [5.74, 6) is 0.735. The Balaban J connectivity index is 1.56. The van der Waals surface area contributed by atoms with Crippen LogP contribution in [0.25, 0.3) is 16.8 Å². The van der Waals surface area contributed by atoms with E-state index >= 15 is 0 Å². The predicted molar refractivity (Wildman–Crippen MR) is 101 cm³/mol. The highest BCUT2D eigenvalue weighted by Crippen LogP contribution is 2.28. The Morgan fingerprint density at radius 3 is 2.63 bits per heavy atom. The van der Waals surface area contributed by atoms with Crippen LogP contribution in [0.3, 0.4) is 0 Å². The molecule has 3 heterocycles. The topological polar surface area (TPSA) is 67.6 Å². The molecule has 3 aromatic rings. The van der Waals surface area contributed by atoms with Crippen molar-refractivity contribution in [3.8, 4) is 11.1 Å². The van der Waals surface area contributed by atoms with Crippen LogP contribution >= 0.6 is 0 Å². The Morgan fingerprint density at radius 2 is 1.93 bits per heavy atom. The number of nitrogens with zero attached hydrogens (tertiary/aromatic N) is 4. The van der Waals surface area contributed by atoms with Crippen molar-refractivity contribution in [2.75, 3.05) is 18.8 Å². The van der Waals surface area contributed by atoms with Gasteiger partial charge in [-0.25, -0.2) is 26.6 Å². The maximum atomic E-state index is 13.5. The molecule has 1 saturated heterocycles. The number of fused-ring (bicyclic) bond motifs is 1. The van der Waals surface area contributed by atoms with E-state index in [1.807, 2.05) is 24.4 Å². The maximum Gasteiger partial charge on any atom is 0.213 e. The van der Waals surface area contributed by atoms with Crippen LogP contribution in [0.1, 0.15) is 31.5 Å². The fourth-order valence-electron chi connectivity index (χ4n) is 3.49. The molecule has 6 nitrogen and oxygen atoms in total. The molecule has 8 heteroatoms. The van der Waals surface area contributed by atoms with Gasteiger partial charge in [-0.1, -0.05) is 12.1 Å². The molecule has 1 aliphatic heterocycles. The molecule has 0 saturated carbocycles. The first-order valence-electron chi connectivity index (χ1n) is 9.06. The van der Waals surface area contributed by atoms with Crippen LogP contribution in [0.2, 0.25) is 0 Å². The molecule has 1 aromatic carbocycles. The van der Waals surface area contributed by atoms with Gasteiger partial charge >= 0.3 is 0 Å². The molecule has 1 fully saturated rings. The zero-order chi connectivity index (χ0) is 19.0. The van der Waals surface area contributed by atoms with Crippen LogP contribution in [-0.2, 0) is 10.0 Å². The van der Waals surface area contributed by atoms with Gasteiger partial charge in [-0.3, -0.25) is 0 Å². The monoisotopic (exact) mass is 388 g/mol. The van der Waals surface area contributed by atoms with Crippen molar-refractivity contribution in [1.82, 2.24) is 18.9 Å². The lowest BCUT2D eigenvalue weighted by molar-refractivity contribution is 0.314. The van der Waals surface area contributed by atoms with Gasteiger partial charge in [0.15, 0.2) is 11.5 Å². The van der Waals surface area contributed by atoms with Crippen LogP contribution in [0.5, 0.6) is 0 Å². The van der Waals surface area contributed by atoms with Gasteiger partial charge in [-0.2, -0.15) is 5.10 Å². The van der Waals surface area contributed by atoms with Crippen LogP contribution < -0.4 is 0 Å². The number of rotatable bonds is 4. The Kier molecular flexibility index (Phi) is 4.69. The van der Waals surface area contributed by atoms with Crippen molar-refractivity contribution in [2.45, 2.75) is 25.7 Å². The summed E-state index contributed by atoms with van der Waals surface area (Å²) in [7, 11) is -3.13. The van der Waals surface area contributed by atoms with Crippen molar-refractivity contribution >= 4 is 15.7 Å². The summed E-state index contributed by atoms with van der Waals surface area (Å²) in [5.41, 5.74) is 2.38. The van der Waals surface area contributed by atoms with Gasteiger partial charge in [-0.05, 0) is 49.6 Å². The minimum Gasteiger partial charge on any atom is -0.220 e. The van der Waals surface area contributed by atoms with Crippen LogP contribution in [-0.4, -0.2) is 46.2 Å². The van der Waals surface area contributed by atoms with E-state index in [0.29, 0.717) is 25.9 Å². The van der Waals surface area contributed by atoms with Crippen LogP contribution in [0.4, 0.5) is 4.39 Å². The van der Waals surface area contributed by atoms with E-state index in [9.17, 15) is 12.8 Å². The van der Waals surface area contributed by atoms with Gasteiger partial charge in [0.1, 0.15) is 5.82 Å². The molecule has 4 rings (SSSR count). The molecule has 0 atom stereocenters. The fourth-order valence-corrected chi connectivity index (χ4v) is 4.62. The first-order chi connectivity index (χ1) is 13.0. The lowest BCUT2D eigenvalue weighted by Crippen LogP contribution is -2.38. The molecule has 0 bridgehead atoms. The fraction of sp³-hybridized carbons (Fsp3) is 0.368. The van der Waals surface area contributed by atoms with E-state index in [4.69, 9.17) is 0 Å². The Labute approximate surface area is 157 Å². The lowest BCUT2D eigenvalue weighted by Gasteiger charge is -2.29. The van der Waals surface area contributed by atoms with Gasteiger partial charge in [0, 0.05) is 30.8 Å². The molecule has 0 amide bonds. The van der Waals surface area contributed by atoms with E-state index in [2.05, 4.69) is 10.1 Å². The molecule has 0 unspecified atom stereocenters. The molecular formula is C19H21FN4O2S. The second-order valence-corrected chi connectivity index (χ2v) is 9.03.